The number of ether oxygens (including phenoxy) is 3. The minimum absolute atomic E-state index is 0.163. The molecule has 0 radical (unpaired) electrons. The van der Waals surface area contributed by atoms with Gasteiger partial charge in [-0.25, -0.2) is 8.42 Å². The van der Waals surface area contributed by atoms with Gasteiger partial charge in [0.25, 0.3) is 5.91 Å². The van der Waals surface area contributed by atoms with Crippen LogP contribution in [0.2, 0.25) is 0 Å². The van der Waals surface area contributed by atoms with E-state index in [2.05, 4.69) is 5.32 Å². The average Bonchev–Trinajstić information content (AvgIpc) is 3.08. The van der Waals surface area contributed by atoms with Crippen LogP contribution in [0.4, 0.5) is 11.4 Å². The van der Waals surface area contributed by atoms with E-state index in [1.807, 2.05) is 0 Å². The van der Waals surface area contributed by atoms with Crippen molar-refractivity contribution in [2.24, 2.45) is 0 Å². The first-order valence-corrected chi connectivity index (χ1v) is 10.00. The summed E-state index contributed by atoms with van der Waals surface area (Å²) in [6, 6.07) is 11.6. The van der Waals surface area contributed by atoms with Crippen LogP contribution in [0.3, 0.4) is 0 Å². The Kier molecular flexibility index (Phi) is 5.13. The number of nitrogens with zero attached hydrogens (tertiary/aromatic N) is 1. The van der Waals surface area contributed by atoms with Crippen LogP contribution in [0.15, 0.2) is 42.5 Å². The number of nitrogens with one attached hydrogen (secondary N) is 1. The molecule has 1 unspecified atom stereocenters. The van der Waals surface area contributed by atoms with Crippen LogP contribution in [0.25, 0.3) is 0 Å². The Morgan fingerprint density at radius 3 is 2.48 bits per heavy atom. The van der Waals surface area contributed by atoms with Gasteiger partial charge in [0.15, 0.2) is 17.6 Å². The molecule has 0 bridgehead atoms. The van der Waals surface area contributed by atoms with Crippen molar-refractivity contribution in [2.75, 3.05) is 29.7 Å². The molecular weight excluding hydrogens is 372 g/mol. The largest absolute Gasteiger partial charge is 0.481 e. The molecule has 2 aromatic rings. The quantitative estimate of drug-likeness (QED) is 0.810. The minimum Gasteiger partial charge on any atom is -0.481 e. The number of fused-ring (bicyclic) bond motifs is 1. The zero-order valence-electron chi connectivity index (χ0n) is 15.1. The van der Waals surface area contributed by atoms with Gasteiger partial charge >= 0.3 is 0 Å². The molecule has 1 atom stereocenters. The lowest BCUT2D eigenvalue weighted by Crippen LogP contribution is -2.30. The summed E-state index contributed by atoms with van der Waals surface area (Å²) in [6.07, 6.45) is 0.369. The van der Waals surface area contributed by atoms with E-state index < -0.39 is 16.1 Å². The topological polar surface area (TPSA) is 94.2 Å². The van der Waals surface area contributed by atoms with Crippen LogP contribution in [0.1, 0.15) is 6.92 Å². The number of amides is 1. The van der Waals surface area contributed by atoms with E-state index in [1.165, 1.54) is 7.05 Å². The van der Waals surface area contributed by atoms with E-state index >= 15 is 0 Å². The molecule has 0 saturated carbocycles. The summed E-state index contributed by atoms with van der Waals surface area (Å²) >= 11 is 0. The van der Waals surface area contributed by atoms with Crippen molar-refractivity contribution in [1.29, 1.82) is 0 Å². The van der Waals surface area contributed by atoms with Crippen LogP contribution < -0.4 is 23.8 Å². The lowest BCUT2D eigenvalue weighted by Gasteiger charge is -2.18. The molecule has 0 spiro atoms. The molecule has 1 aliphatic heterocycles. The van der Waals surface area contributed by atoms with Crippen molar-refractivity contribution in [2.45, 2.75) is 13.0 Å². The fraction of sp³-hybridized carbons (Fsp3) is 0.278. The Morgan fingerprint density at radius 2 is 1.81 bits per heavy atom. The summed E-state index contributed by atoms with van der Waals surface area (Å²) in [5.74, 6) is 1.34. The molecule has 27 heavy (non-hydrogen) atoms. The summed E-state index contributed by atoms with van der Waals surface area (Å²) in [7, 11) is -1.87. The summed E-state index contributed by atoms with van der Waals surface area (Å²) in [4.78, 5) is 12.3. The highest BCUT2D eigenvalue weighted by atomic mass is 32.2. The summed E-state index contributed by atoms with van der Waals surface area (Å²) in [5.41, 5.74) is 1.08. The highest BCUT2D eigenvalue weighted by Crippen LogP contribution is 2.34. The lowest BCUT2D eigenvalue weighted by molar-refractivity contribution is -0.122. The Labute approximate surface area is 157 Å². The van der Waals surface area contributed by atoms with Crippen LogP contribution in [0, 0.1) is 0 Å². The fourth-order valence-electron chi connectivity index (χ4n) is 2.40. The maximum atomic E-state index is 12.3. The Hall–Kier alpha value is -2.94. The molecule has 1 amide bonds. The fourth-order valence-corrected chi connectivity index (χ4v) is 2.91. The van der Waals surface area contributed by atoms with Gasteiger partial charge in [-0.15, -0.1) is 0 Å². The number of carbonyl (C=O) groups is 1. The van der Waals surface area contributed by atoms with Crippen molar-refractivity contribution in [3.63, 3.8) is 0 Å². The zero-order chi connectivity index (χ0) is 19.6. The number of hydrogen-bond acceptors (Lipinski definition) is 6. The van der Waals surface area contributed by atoms with E-state index in [4.69, 9.17) is 14.2 Å². The molecule has 3 rings (SSSR count). The molecule has 0 aliphatic carbocycles. The molecule has 9 heteroatoms. The number of rotatable bonds is 6. The van der Waals surface area contributed by atoms with Crippen LogP contribution in [0.5, 0.6) is 17.2 Å². The molecule has 144 valence electrons. The van der Waals surface area contributed by atoms with Gasteiger partial charge in [-0.05, 0) is 43.3 Å². The zero-order valence-corrected chi connectivity index (χ0v) is 15.9. The van der Waals surface area contributed by atoms with Crippen molar-refractivity contribution >= 4 is 27.3 Å². The standard InChI is InChI=1S/C18H20N2O6S/c1-12(18(21)19-13-4-9-16-17(10-13)25-11-24-16)26-15-7-5-14(6-8-15)20(2)27(3,22)23/h4-10,12H,11H2,1-3H3,(H,19,21). The second kappa shape index (κ2) is 7.36. The normalized spacial score (nSPS) is 13.7. The van der Waals surface area contributed by atoms with Gasteiger partial charge in [0, 0.05) is 18.8 Å². The van der Waals surface area contributed by atoms with E-state index in [0.29, 0.717) is 28.6 Å². The van der Waals surface area contributed by atoms with Gasteiger partial charge in [0.05, 0.1) is 11.9 Å². The summed E-state index contributed by atoms with van der Waals surface area (Å²) in [6.45, 7) is 1.79. The molecule has 0 fully saturated rings. The van der Waals surface area contributed by atoms with Gasteiger partial charge in [-0.1, -0.05) is 0 Å². The van der Waals surface area contributed by atoms with Crippen LogP contribution in [-0.4, -0.2) is 40.5 Å². The Bertz CT molecular complexity index is 943. The third kappa shape index (κ3) is 4.43. The molecule has 1 aliphatic rings. The predicted molar refractivity (Wildman–Crippen MR) is 101 cm³/mol. The SMILES string of the molecule is CC(Oc1ccc(N(C)S(C)(=O)=O)cc1)C(=O)Nc1ccc2c(c1)OCO2. The highest BCUT2D eigenvalue weighted by Gasteiger charge is 2.18. The van der Waals surface area contributed by atoms with Gasteiger partial charge in [-0.2, -0.15) is 0 Å². The van der Waals surface area contributed by atoms with Crippen LogP contribution in [-0.2, 0) is 14.8 Å². The molecule has 8 nitrogen and oxygen atoms in total. The van der Waals surface area contributed by atoms with Crippen molar-refractivity contribution in [3.05, 3.63) is 42.5 Å². The van der Waals surface area contributed by atoms with E-state index in [1.54, 1.807) is 49.4 Å². The second-order valence-corrected chi connectivity index (χ2v) is 8.06. The number of anilines is 2. The maximum absolute atomic E-state index is 12.3. The van der Waals surface area contributed by atoms with Crippen molar-refractivity contribution in [3.8, 4) is 17.2 Å². The van der Waals surface area contributed by atoms with Crippen LogP contribution >= 0.6 is 0 Å². The predicted octanol–water partition coefficient (Wildman–Crippen LogP) is 2.22. The van der Waals surface area contributed by atoms with Crippen molar-refractivity contribution in [1.82, 2.24) is 0 Å². The number of sulfonamides is 1. The number of carbonyl (C=O) groups excluding carboxylic acids is 1. The molecule has 0 saturated heterocycles. The Balaban J connectivity index is 1.61. The van der Waals surface area contributed by atoms with Gasteiger partial charge in [0.2, 0.25) is 16.8 Å². The summed E-state index contributed by atoms with van der Waals surface area (Å²) < 4.78 is 40.4. The first-order valence-electron chi connectivity index (χ1n) is 8.15. The first-order chi connectivity index (χ1) is 12.7. The summed E-state index contributed by atoms with van der Waals surface area (Å²) in [5, 5.41) is 2.75. The molecule has 0 aromatic heterocycles. The monoisotopic (exact) mass is 392 g/mol. The smallest absolute Gasteiger partial charge is 0.265 e. The third-order valence-corrected chi connectivity index (χ3v) is 5.23. The molecule has 1 N–H and O–H groups in total. The van der Waals surface area contributed by atoms with E-state index in [0.717, 1.165) is 10.6 Å². The molecular formula is C18H20N2O6S. The minimum atomic E-state index is -3.33. The number of hydrogen-bond donors (Lipinski definition) is 1. The second-order valence-electron chi connectivity index (χ2n) is 6.04. The highest BCUT2D eigenvalue weighted by molar-refractivity contribution is 7.92. The third-order valence-electron chi connectivity index (χ3n) is 4.02. The molecule has 2 aromatic carbocycles. The van der Waals surface area contributed by atoms with E-state index in [9.17, 15) is 13.2 Å². The molecule has 1 heterocycles. The van der Waals surface area contributed by atoms with Gasteiger partial charge in [-0.3, -0.25) is 9.10 Å². The first kappa shape index (κ1) is 18.8. The Morgan fingerprint density at radius 1 is 1.15 bits per heavy atom. The van der Waals surface area contributed by atoms with E-state index in [-0.39, 0.29) is 12.7 Å². The maximum Gasteiger partial charge on any atom is 0.265 e. The van der Waals surface area contributed by atoms with Gasteiger partial charge < -0.3 is 19.5 Å². The average molecular weight is 392 g/mol. The number of benzene rings is 2. The van der Waals surface area contributed by atoms with Crippen molar-refractivity contribution < 1.29 is 27.4 Å². The van der Waals surface area contributed by atoms with Gasteiger partial charge in [0.1, 0.15) is 5.75 Å². The lowest BCUT2D eigenvalue weighted by atomic mass is 10.2.